The first-order valence-corrected chi connectivity index (χ1v) is 10.7. The number of ether oxygens (including phenoxy) is 3. The van der Waals surface area contributed by atoms with E-state index in [2.05, 4.69) is 25.0 Å². The summed E-state index contributed by atoms with van der Waals surface area (Å²) in [7, 11) is 2.71. The fourth-order valence-corrected chi connectivity index (χ4v) is 3.90. The van der Waals surface area contributed by atoms with E-state index in [0.29, 0.717) is 0 Å². The van der Waals surface area contributed by atoms with E-state index in [1.54, 1.807) is 0 Å². The van der Waals surface area contributed by atoms with Crippen LogP contribution in [0.3, 0.4) is 0 Å². The van der Waals surface area contributed by atoms with Gasteiger partial charge in [-0.3, -0.25) is 0 Å². The van der Waals surface area contributed by atoms with Gasteiger partial charge < -0.3 is 19.1 Å². The van der Waals surface area contributed by atoms with Crippen LogP contribution >= 0.6 is 0 Å². The largest absolute Gasteiger partial charge is 0.480 e. The molecule has 0 radical (unpaired) electrons. The van der Waals surface area contributed by atoms with Crippen LogP contribution in [0.25, 0.3) is 16.9 Å². The van der Waals surface area contributed by atoms with Crippen molar-refractivity contribution in [3.05, 3.63) is 48.3 Å². The minimum Gasteiger partial charge on any atom is -0.480 e. The third-order valence-electron chi connectivity index (χ3n) is 5.62. The summed E-state index contributed by atoms with van der Waals surface area (Å²) in [6.45, 7) is -1.20. The topological polar surface area (TPSA) is 99.8 Å². The number of alkyl halides is 4. The molecule has 1 saturated heterocycles. The first kappa shape index (κ1) is 24.4. The van der Waals surface area contributed by atoms with Gasteiger partial charge in [-0.25, -0.2) is 32.5 Å². The van der Waals surface area contributed by atoms with E-state index in [9.17, 15) is 13.2 Å². The molecule has 0 aromatic carbocycles. The Kier molecular flexibility index (Phi) is 6.13. The average molecular weight is 523 g/mol. The monoisotopic (exact) mass is 523 g/mol. The minimum absolute atomic E-state index is 0.0133. The van der Waals surface area contributed by atoms with E-state index in [1.165, 1.54) is 43.5 Å². The summed E-state index contributed by atoms with van der Waals surface area (Å²) >= 11 is 0. The van der Waals surface area contributed by atoms with Crippen LogP contribution in [0.1, 0.15) is 12.1 Å². The van der Waals surface area contributed by atoms with Gasteiger partial charge in [0.1, 0.15) is 11.4 Å². The molecule has 1 aliphatic heterocycles. The lowest BCUT2D eigenvalue weighted by Crippen LogP contribution is -2.36. The fraction of sp³-hybridized carbons (Fsp3) is 0.318. The van der Waals surface area contributed by atoms with Crippen molar-refractivity contribution in [2.45, 2.75) is 18.5 Å². The van der Waals surface area contributed by atoms with Crippen LogP contribution in [0.5, 0.6) is 17.8 Å². The Morgan fingerprint density at radius 3 is 2.62 bits per heavy atom. The van der Waals surface area contributed by atoms with Crippen LogP contribution in [0.2, 0.25) is 0 Å². The Morgan fingerprint density at radius 1 is 1.08 bits per heavy atom. The third-order valence-corrected chi connectivity index (χ3v) is 5.62. The summed E-state index contributed by atoms with van der Waals surface area (Å²) in [4.78, 5) is 16.9. The number of aromatic nitrogens is 6. The van der Waals surface area contributed by atoms with Gasteiger partial charge >= 0.3 is 11.9 Å². The van der Waals surface area contributed by atoms with E-state index >= 15 is 8.78 Å². The molecule has 0 amide bonds. The first-order chi connectivity index (χ1) is 17.7. The highest BCUT2D eigenvalue weighted by atomic mass is 19.3. The lowest BCUT2D eigenvalue weighted by atomic mass is 10.2. The number of anilines is 1. The van der Waals surface area contributed by atoms with Crippen molar-refractivity contribution in [3.63, 3.8) is 0 Å². The predicted molar refractivity (Wildman–Crippen MR) is 118 cm³/mol. The molecular weight excluding hydrogens is 505 g/mol. The lowest BCUT2D eigenvalue weighted by Gasteiger charge is -2.19. The van der Waals surface area contributed by atoms with Gasteiger partial charge in [0.15, 0.2) is 11.8 Å². The minimum atomic E-state index is -3.41. The number of rotatable bonds is 7. The molecule has 0 spiro atoms. The zero-order chi connectivity index (χ0) is 26.3. The van der Waals surface area contributed by atoms with Crippen molar-refractivity contribution in [3.8, 4) is 29.0 Å². The molecule has 4 aromatic heterocycles. The summed E-state index contributed by atoms with van der Waals surface area (Å²) in [5, 5.41) is 4.20. The summed E-state index contributed by atoms with van der Waals surface area (Å²) in [6, 6.07) is 4.96. The van der Waals surface area contributed by atoms with Gasteiger partial charge in [-0.1, -0.05) is 6.07 Å². The zero-order valence-electron chi connectivity index (χ0n) is 19.3. The Labute approximate surface area is 205 Å². The number of methoxy groups -OCH3 is 2. The van der Waals surface area contributed by atoms with Gasteiger partial charge in [0.2, 0.25) is 17.7 Å². The molecular formula is C22H18F5N7O3. The van der Waals surface area contributed by atoms with Crippen molar-refractivity contribution >= 4 is 11.3 Å². The van der Waals surface area contributed by atoms with Gasteiger partial charge in [0.25, 0.3) is 6.43 Å². The van der Waals surface area contributed by atoms with E-state index in [1.807, 2.05) is 0 Å². The van der Waals surface area contributed by atoms with Gasteiger partial charge in [0.05, 0.1) is 44.8 Å². The second kappa shape index (κ2) is 9.29. The van der Waals surface area contributed by atoms with Crippen LogP contribution in [-0.2, 0) is 0 Å². The number of imidazole rings is 1. The third kappa shape index (κ3) is 4.51. The average Bonchev–Trinajstić information content (AvgIpc) is 3.41. The van der Waals surface area contributed by atoms with Crippen LogP contribution in [-0.4, -0.2) is 68.9 Å². The maximum absolute atomic E-state index is 15.0. The van der Waals surface area contributed by atoms with E-state index in [-0.39, 0.29) is 46.9 Å². The summed E-state index contributed by atoms with van der Waals surface area (Å²) in [5.41, 5.74) is -0.153. The highest BCUT2D eigenvalue weighted by molar-refractivity contribution is 5.76. The van der Waals surface area contributed by atoms with E-state index in [0.717, 1.165) is 16.8 Å². The quantitative estimate of drug-likeness (QED) is 0.337. The highest BCUT2D eigenvalue weighted by Crippen LogP contribution is 2.38. The normalized spacial score (nSPS) is 17.0. The van der Waals surface area contributed by atoms with Crippen molar-refractivity contribution < 1.29 is 36.2 Å². The van der Waals surface area contributed by atoms with Crippen LogP contribution < -0.4 is 19.1 Å². The van der Waals surface area contributed by atoms with Gasteiger partial charge in [-0.2, -0.15) is 19.0 Å². The second-order valence-electron chi connectivity index (χ2n) is 7.96. The first-order valence-electron chi connectivity index (χ1n) is 10.7. The van der Waals surface area contributed by atoms with Crippen molar-refractivity contribution in [1.29, 1.82) is 0 Å². The molecule has 1 unspecified atom stereocenters. The van der Waals surface area contributed by atoms with Crippen molar-refractivity contribution in [2.75, 3.05) is 32.2 Å². The number of halogens is 5. The Morgan fingerprint density at radius 2 is 1.89 bits per heavy atom. The highest BCUT2D eigenvalue weighted by Gasteiger charge is 2.51. The Hall–Kier alpha value is -4.30. The van der Waals surface area contributed by atoms with Crippen molar-refractivity contribution in [2.24, 2.45) is 0 Å². The second-order valence-corrected chi connectivity index (χ2v) is 7.96. The number of fused-ring (bicyclic) bond motifs is 1. The van der Waals surface area contributed by atoms with Crippen LogP contribution in [0, 0.1) is 5.95 Å². The van der Waals surface area contributed by atoms with Gasteiger partial charge in [-0.05, 0) is 12.1 Å². The fourth-order valence-electron chi connectivity index (χ4n) is 3.90. The van der Waals surface area contributed by atoms with Crippen LogP contribution in [0.15, 0.2) is 36.7 Å². The maximum atomic E-state index is 15.0. The van der Waals surface area contributed by atoms with Crippen LogP contribution in [0.4, 0.5) is 27.6 Å². The lowest BCUT2D eigenvalue weighted by molar-refractivity contribution is -0.0610. The number of pyridine rings is 1. The molecule has 1 aliphatic rings. The standard InChI is InChI=1S/C22H18F5N7O3/c1-35-20-11(7-29-21(31-20)36-2)13-6-14(19-28-8-16(23)34(19)32-13)33-9-15(22(26,27)10-33)37-17-5-3-4-12(30-17)18(24)25/h3-8,15,18H,9-10H2,1-2H3. The molecule has 0 bridgehead atoms. The molecule has 194 valence electrons. The molecule has 5 heterocycles. The predicted octanol–water partition coefficient (Wildman–Crippen LogP) is 3.58. The summed E-state index contributed by atoms with van der Waals surface area (Å²) in [5.74, 6) is -4.55. The smallest absolute Gasteiger partial charge is 0.319 e. The molecule has 37 heavy (non-hydrogen) atoms. The maximum Gasteiger partial charge on any atom is 0.319 e. The van der Waals surface area contributed by atoms with Gasteiger partial charge in [-0.15, -0.1) is 0 Å². The number of hydrogen-bond donors (Lipinski definition) is 0. The molecule has 0 N–H and O–H groups in total. The Balaban J connectivity index is 1.53. The number of hydrogen-bond acceptors (Lipinski definition) is 9. The molecule has 5 rings (SSSR count). The molecule has 0 aliphatic carbocycles. The van der Waals surface area contributed by atoms with E-state index in [4.69, 9.17) is 14.2 Å². The molecule has 10 nitrogen and oxygen atoms in total. The summed E-state index contributed by atoms with van der Waals surface area (Å²) in [6.07, 6.45) is -2.38. The Bertz CT molecular complexity index is 1450. The molecule has 1 atom stereocenters. The molecule has 4 aromatic rings. The zero-order valence-corrected chi connectivity index (χ0v) is 19.3. The summed E-state index contributed by atoms with van der Waals surface area (Å²) < 4.78 is 86.9. The molecule has 0 saturated carbocycles. The van der Waals surface area contributed by atoms with Crippen molar-refractivity contribution in [1.82, 2.24) is 29.5 Å². The molecule has 1 fully saturated rings. The molecule has 15 heteroatoms. The SMILES string of the molecule is COc1ncc(-c2cc(N3CC(Oc4cccc(C(F)F)n4)C(F)(F)C3)c3ncc(F)n3n2)c(OC)n1. The number of nitrogens with zero attached hydrogens (tertiary/aromatic N) is 7. The van der Waals surface area contributed by atoms with Gasteiger partial charge in [0, 0.05) is 12.3 Å². The van der Waals surface area contributed by atoms with E-state index < -0.39 is 36.6 Å².